The molecule has 0 saturated carbocycles. The van der Waals surface area contributed by atoms with Gasteiger partial charge in [-0.2, -0.15) is 0 Å². The van der Waals surface area contributed by atoms with Crippen molar-refractivity contribution in [3.05, 3.63) is 27.2 Å². The molecule has 2 amide bonds. The van der Waals surface area contributed by atoms with Crippen LogP contribution in [-0.4, -0.2) is 17.9 Å². The Morgan fingerprint density at radius 2 is 2.06 bits per heavy atom. The summed E-state index contributed by atoms with van der Waals surface area (Å²) in [5, 5.41) is 5.55. The maximum atomic E-state index is 11.8. The molecular formula is C10H8BrClN2O2. The molecule has 2 rings (SSSR count). The number of hydrogen-bond acceptors (Lipinski definition) is 2. The molecule has 0 spiro atoms. The summed E-state index contributed by atoms with van der Waals surface area (Å²) >= 11 is 9.21. The molecule has 1 aliphatic rings. The molecule has 0 fully saturated rings. The summed E-state index contributed by atoms with van der Waals surface area (Å²) in [6.07, 6.45) is 0. The molecule has 16 heavy (non-hydrogen) atoms. The number of carbonyl (C=O) groups excluding carboxylic acids is 2. The number of hydrogen-bond donors (Lipinski definition) is 2. The summed E-state index contributed by atoms with van der Waals surface area (Å²) in [7, 11) is 0. The number of anilines is 1. The van der Waals surface area contributed by atoms with Crippen LogP contribution >= 0.6 is 27.5 Å². The van der Waals surface area contributed by atoms with Crippen LogP contribution in [0.1, 0.15) is 17.3 Å². The number of benzene rings is 1. The van der Waals surface area contributed by atoms with E-state index in [1.165, 1.54) is 0 Å². The fourth-order valence-corrected chi connectivity index (χ4v) is 2.18. The summed E-state index contributed by atoms with van der Waals surface area (Å²) < 4.78 is 0.596. The number of halogens is 2. The fourth-order valence-electron chi connectivity index (χ4n) is 1.46. The molecule has 1 heterocycles. The minimum absolute atomic E-state index is 0.285. The first-order chi connectivity index (χ1) is 7.50. The highest BCUT2D eigenvalue weighted by Crippen LogP contribution is 2.33. The second-order valence-corrected chi connectivity index (χ2v) is 4.73. The Morgan fingerprint density at radius 3 is 2.75 bits per heavy atom. The molecule has 1 aromatic rings. The third-order valence-corrected chi connectivity index (χ3v) is 3.30. The molecule has 0 bridgehead atoms. The summed E-state index contributed by atoms with van der Waals surface area (Å²) in [6.45, 7) is 1.61. The Balaban J connectivity index is 2.64. The van der Waals surface area contributed by atoms with Crippen molar-refractivity contribution in [2.75, 3.05) is 5.32 Å². The molecule has 2 N–H and O–H groups in total. The van der Waals surface area contributed by atoms with Crippen molar-refractivity contribution in [1.82, 2.24) is 5.32 Å². The van der Waals surface area contributed by atoms with Gasteiger partial charge in [0.25, 0.3) is 5.91 Å². The molecule has 1 aliphatic heterocycles. The first kappa shape index (κ1) is 11.4. The van der Waals surface area contributed by atoms with E-state index in [0.717, 1.165) is 0 Å². The lowest BCUT2D eigenvalue weighted by atomic mass is 10.1. The van der Waals surface area contributed by atoms with E-state index in [2.05, 4.69) is 26.6 Å². The summed E-state index contributed by atoms with van der Waals surface area (Å²) in [6, 6.07) is 2.71. The maximum absolute atomic E-state index is 11.8. The molecule has 0 aliphatic carbocycles. The van der Waals surface area contributed by atoms with Crippen molar-refractivity contribution < 1.29 is 9.59 Å². The predicted molar refractivity (Wildman–Crippen MR) is 64.7 cm³/mol. The Morgan fingerprint density at radius 1 is 1.38 bits per heavy atom. The second-order valence-electron chi connectivity index (χ2n) is 3.46. The zero-order chi connectivity index (χ0) is 11.9. The van der Waals surface area contributed by atoms with Gasteiger partial charge in [0.1, 0.15) is 6.04 Å². The minimum Gasteiger partial charge on any atom is -0.340 e. The van der Waals surface area contributed by atoms with Gasteiger partial charge in [-0.3, -0.25) is 9.59 Å². The lowest BCUT2D eigenvalue weighted by Gasteiger charge is -2.08. The Hall–Kier alpha value is -1.07. The molecule has 0 radical (unpaired) electrons. The summed E-state index contributed by atoms with van der Waals surface area (Å²) in [5.74, 6) is -0.609. The molecule has 4 nitrogen and oxygen atoms in total. The van der Waals surface area contributed by atoms with Crippen LogP contribution in [0.2, 0.25) is 5.02 Å². The van der Waals surface area contributed by atoms with Gasteiger partial charge in [-0.1, -0.05) is 11.6 Å². The topological polar surface area (TPSA) is 58.2 Å². The van der Waals surface area contributed by atoms with Crippen LogP contribution in [0.25, 0.3) is 0 Å². The number of nitrogens with one attached hydrogen (secondary N) is 2. The molecule has 1 aromatic carbocycles. The van der Waals surface area contributed by atoms with Crippen molar-refractivity contribution in [3.63, 3.8) is 0 Å². The predicted octanol–water partition coefficient (Wildman–Crippen LogP) is 2.17. The maximum Gasteiger partial charge on any atom is 0.255 e. The SMILES string of the molecule is CC1NC(=O)c2c(Br)ccc(Cl)c2NC1=O. The van der Waals surface area contributed by atoms with E-state index in [4.69, 9.17) is 11.6 Å². The van der Waals surface area contributed by atoms with Crippen LogP contribution in [0.4, 0.5) is 5.69 Å². The number of rotatable bonds is 0. The van der Waals surface area contributed by atoms with E-state index < -0.39 is 6.04 Å². The average molecular weight is 304 g/mol. The molecule has 0 aromatic heterocycles. The highest BCUT2D eigenvalue weighted by Gasteiger charge is 2.27. The quantitative estimate of drug-likeness (QED) is 0.772. The fraction of sp³-hybridized carbons (Fsp3) is 0.200. The van der Waals surface area contributed by atoms with Gasteiger partial charge in [0.2, 0.25) is 5.91 Å². The van der Waals surface area contributed by atoms with Gasteiger partial charge in [0.15, 0.2) is 0 Å². The molecule has 6 heteroatoms. The van der Waals surface area contributed by atoms with Crippen LogP contribution in [0.15, 0.2) is 16.6 Å². The van der Waals surface area contributed by atoms with Gasteiger partial charge in [-0.25, -0.2) is 0 Å². The third kappa shape index (κ3) is 1.81. The lowest BCUT2D eigenvalue weighted by molar-refractivity contribution is -0.117. The van der Waals surface area contributed by atoms with E-state index in [1.54, 1.807) is 19.1 Å². The van der Waals surface area contributed by atoms with E-state index in [9.17, 15) is 9.59 Å². The third-order valence-electron chi connectivity index (χ3n) is 2.32. The smallest absolute Gasteiger partial charge is 0.255 e. The molecule has 0 saturated heterocycles. The van der Waals surface area contributed by atoms with Gasteiger partial charge in [0.05, 0.1) is 16.3 Å². The number of amides is 2. The molecule has 1 atom stereocenters. The molecular weight excluding hydrogens is 295 g/mol. The summed E-state index contributed by atoms with van der Waals surface area (Å²) in [4.78, 5) is 23.4. The minimum atomic E-state index is -0.581. The standard InChI is InChI=1S/C10H8BrClN2O2/c1-4-9(15)14-8-6(12)3-2-5(11)7(8)10(16)13-4/h2-4H,1H3,(H,13,16)(H,14,15). The van der Waals surface area contributed by atoms with Gasteiger partial charge in [0, 0.05) is 4.47 Å². The van der Waals surface area contributed by atoms with Crippen molar-refractivity contribution in [3.8, 4) is 0 Å². The van der Waals surface area contributed by atoms with E-state index >= 15 is 0 Å². The largest absolute Gasteiger partial charge is 0.340 e. The Kier molecular flexibility index (Phi) is 2.90. The van der Waals surface area contributed by atoms with Gasteiger partial charge in [-0.15, -0.1) is 0 Å². The van der Waals surface area contributed by atoms with Crippen molar-refractivity contribution >= 4 is 45.0 Å². The Bertz CT molecular complexity index is 490. The van der Waals surface area contributed by atoms with E-state index in [-0.39, 0.29) is 11.8 Å². The zero-order valence-electron chi connectivity index (χ0n) is 8.30. The van der Waals surface area contributed by atoms with Crippen LogP contribution in [0, 0.1) is 0 Å². The van der Waals surface area contributed by atoms with Crippen molar-refractivity contribution in [2.24, 2.45) is 0 Å². The molecule has 1 unspecified atom stereocenters. The van der Waals surface area contributed by atoms with Crippen LogP contribution in [0.5, 0.6) is 0 Å². The zero-order valence-corrected chi connectivity index (χ0v) is 10.6. The van der Waals surface area contributed by atoms with Crippen LogP contribution in [0.3, 0.4) is 0 Å². The van der Waals surface area contributed by atoms with Crippen LogP contribution in [-0.2, 0) is 4.79 Å². The van der Waals surface area contributed by atoms with Crippen molar-refractivity contribution in [1.29, 1.82) is 0 Å². The van der Waals surface area contributed by atoms with Crippen LogP contribution < -0.4 is 10.6 Å². The average Bonchev–Trinajstić information content (AvgIpc) is 2.33. The highest BCUT2D eigenvalue weighted by atomic mass is 79.9. The lowest BCUT2D eigenvalue weighted by Crippen LogP contribution is -2.38. The summed E-state index contributed by atoms with van der Waals surface area (Å²) in [5.41, 5.74) is 0.702. The van der Waals surface area contributed by atoms with E-state index in [0.29, 0.717) is 20.7 Å². The van der Waals surface area contributed by atoms with Gasteiger partial charge < -0.3 is 10.6 Å². The van der Waals surface area contributed by atoms with E-state index in [1.807, 2.05) is 0 Å². The number of fused-ring (bicyclic) bond motifs is 1. The highest BCUT2D eigenvalue weighted by molar-refractivity contribution is 9.10. The normalized spacial score (nSPS) is 19.6. The van der Waals surface area contributed by atoms with Gasteiger partial charge in [-0.05, 0) is 35.0 Å². The van der Waals surface area contributed by atoms with Gasteiger partial charge >= 0.3 is 0 Å². The Labute approximate surface area is 105 Å². The number of carbonyl (C=O) groups is 2. The second kappa shape index (κ2) is 4.07. The first-order valence-corrected chi connectivity index (χ1v) is 5.77. The van der Waals surface area contributed by atoms with Crippen molar-refractivity contribution in [2.45, 2.75) is 13.0 Å². The monoisotopic (exact) mass is 302 g/mol. The molecule has 84 valence electrons. The first-order valence-electron chi connectivity index (χ1n) is 4.60.